The van der Waals surface area contributed by atoms with Gasteiger partial charge >= 0.3 is 12.0 Å². The Kier molecular flexibility index (Phi) is 5.31. The van der Waals surface area contributed by atoms with Crippen molar-refractivity contribution < 1.29 is 14.7 Å². The number of nitrogens with one attached hydrogen (secondary N) is 1. The third kappa shape index (κ3) is 3.46. The van der Waals surface area contributed by atoms with Crippen LogP contribution in [0.1, 0.15) is 24.3 Å². The van der Waals surface area contributed by atoms with Crippen LogP contribution < -0.4 is 5.32 Å². The predicted octanol–water partition coefficient (Wildman–Crippen LogP) is 2.41. The molecule has 1 fully saturated rings. The Morgan fingerprint density at radius 1 is 1.60 bits per heavy atom. The molecule has 2 unspecified atom stereocenters. The number of thioether (sulfide) groups is 1. The van der Waals surface area contributed by atoms with Gasteiger partial charge in [-0.2, -0.15) is 11.8 Å². The molecule has 2 amide bonds. The van der Waals surface area contributed by atoms with Crippen molar-refractivity contribution in [3.05, 3.63) is 22.4 Å². The van der Waals surface area contributed by atoms with Gasteiger partial charge in [0, 0.05) is 22.9 Å². The minimum Gasteiger partial charge on any atom is -0.480 e. The molecule has 2 rings (SSSR count). The number of carboxylic acid groups (broad SMARTS) is 1. The van der Waals surface area contributed by atoms with Crippen molar-refractivity contribution >= 4 is 35.1 Å². The highest BCUT2D eigenvalue weighted by Crippen LogP contribution is 2.23. The molecule has 0 aliphatic carbocycles. The fourth-order valence-electron chi connectivity index (χ4n) is 2.15. The molecule has 1 aromatic heterocycles. The number of amides is 2. The summed E-state index contributed by atoms with van der Waals surface area (Å²) in [7, 11) is 0. The van der Waals surface area contributed by atoms with Crippen molar-refractivity contribution in [2.75, 3.05) is 18.1 Å². The number of hydrogen-bond acceptors (Lipinski definition) is 4. The molecular formula is C13H18N2O3S2. The summed E-state index contributed by atoms with van der Waals surface area (Å²) in [5.41, 5.74) is 0. The Labute approximate surface area is 126 Å². The van der Waals surface area contributed by atoms with Gasteiger partial charge in [0.15, 0.2) is 0 Å². The first-order chi connectivity index (χ1) is 9.63. The molecule has 2 heterocycles. The number of carbonyl (C=O) groups excluding carboxylic acids is 1. The van der Waals surface area contributed by atoms with Crippen LogP contribution >= 0.6 is 23.1 Å². The van der Waals surface area contributed by atoms with Gasteiger partial charge in [-0.05, 0) is 17.9 Å². The van der Waals surface area contributed by atoms with E-state index in [9.17, 15) is 14.7 Å². The number of carbonyl (C=O) groups is 2. The maximum atomic E-state index is 12.3. The Bertz CT molecular complexity index is 464. The van der Waals surface area contributed by atoms with Crippen LogP contribution in [0.2, 0.25) is 0 Å². The van der Waals surface area contributed by atoms with Crippen LogP contribution in [-0.2, 0) is 4.79 Å². The van der Waals surface area contributed by atoms with E-state index in [0.717, 1.165) is 17.1 Å². The van der Waals surface area contributed by atoms with E-state index in [-0.39, 0.29) is 12.1 Å². The SMILES string of the molecule is CCC(NC(=O)N1CCSCC1C(=O)O)c1cccs1. The lowest BCUT2D eigenvalue weighted by Gasteiger charge is -2.33. The van der Waals surface area contributed by atoms with Gasteiger partial charge in [-0.1, -0.05) is 13.0 Å². The lowest BCUT2D eigenvalue weighted by Crippen LogP contribution is -2.54. The zero-order chi connectivity index (χ0) is 14.5. The number of hydrogen-bond donors (Lipinski definition) is 2. The molecule has 1 aliphatic heterocycles. The highest BCUT2D eigenvalue weighted by molar-refractivity contribution is 7.99. The molecule has 7 heteroatoms. The number of urea groups is 1. The van der Waals surface area contributed by atoms with Crippen molar-refractivity contribution in [2.45, 2.75) is 25.4 Å². The van der Waals surface area contributed by atoms with Crippen LogP contribution in [0.4, 0.5) is 4.79 Å². The fraction of sp³-hybridized carbons (Fsp3) is 0.538. The molecule has 1 aromatic rings. The van der Waals surface area contributed by atoms with Gasteiger partial charge in [0.1, 0.15) is 6.04 Å². The van der Waals surface area contributed by atoms with Crippen LogP contribution in [0.15, 0.2) is 17.5 Å². The normalized spacial score (nSPS) is 20.4. The summed E-state index contributed by atoms with van der Waals surface area (Å²) in [5.74, 6) is 0.308. The second kappa shape index (κ2) is 6.99. The summed E-state index contributed by atoms with van der Waals surface area (Å²) >= 11 is 3.17. The minimum absolute atomic E-state index is 0.0495. The second-order valence-corrected chi connectivity index (χ2v) is 6.68. The third-order valence-electron chi connectivity index (χ3n) is 3.27. The average molecular weight is 314 g/mol. The first-order valence-corrected chi connectivity index (χ1v) is 8.58. The highest BCUT2D eigenvalue weighted by Gasteiger charge is 2.33. The molecule has 2 atom stereocenters. The molecule has 0 spiro atoms. The van der Waals surface area contributed by atoms with E-state index < -0.39 is 12.0 Å². The molecule has 110 valence electrons. The van der Waals surface area contributed by atoms with Crippen LogP contribution in [-0.4, -0.2) is 46.1 Å². The zero-order valence-electron chi connectivity index (χ0n) is 11.2. The van der Waals surface area contributed by atoms with Gasteiger partial charge in [-0.3, -0.25) is 0 Å². The molecule has 1 aliphatic rings. The maximum Gasteiger partial charge on any atom is 0.327 e. The summed E-state index contributed by atoms with van der Waals surface area (Å²) in [6.07, 6.45) is 0.784. The first kappa shape index (κ1) is 15.2. The van der Waals surface area contributed by atoms with E-state index >= 15 is 0 Å². The van der Waals surface area contributed by atoms with Gasteiger partial charge < -0.3 is 15.3 Å². The number of carboxylic acids is 1. The average Bonchev–Trinajstić information content (AvgIpc) is 2.98. The van der Waals surface area contributed by atoms with Gasteiger partial charge in [-0.15, -0.1) is 11.3 Å². The number of rotatable bonds is 4. The Morgan fingerprint density at radius 2 is 2.40 bits per heavy atom. The predicted molar refractivity (Wildman–Crippen MR) is 81.3 cm³/mol. The zero-order valence-corrected chi connectivity index (χ0v) is 12.9. The summed E-state index contributed by atoms with van der Waals surface area (Å²) in [4.78, 5) is 26.1. The topological polar surface area (TPSA) is 69.6 Å². The summed E-state index contributed by atoms with van der Waals surface area (Å²) < 4.78 is 0. The monoisotopic (exact) mass is 314 g/mol. The molecule has 0 saturated carbocycles. The van der Waals surface area contributed by atoms with Crippen LogP contribution in [0, 0.1) is 0 Å². The van der Waals surface area contributed by atoms with E-state index in [1.807, 2.05) is 24.4 Å². The van der Waals surface area contributed by atoms with Crippen molar-refractivity contribution in [2.24, 2.45) is 0 Å². The molecule has 2 N–H and O–H groups in total. The molecule has 0 aromatic carbocycles. The molecule has 0 bridgehead atoms. The van der Waals surface area contributed by atoms with Gasteiger partial charge in [0.05, 0.1) is 6.04 Å². The lowest BCUT2D eigenvalue weighted by molar-refractivity contribution is -0.141. The quantitative estimate of drug-likeness (QED) is 0.895. The number of aliphatic carboxylic acids is 1. The largest absolute Gasteiger partial charge is 0.480 e. The smallest absolute Gasteiger partial charge is 0.327 e. The van der Waals surface area contributed by atoms with E-state index in [1.54, 1.807) is 23.1 Å². The van der Waals surface area contributed by atoms with Crippen LogP contribution in [0.3, 0.4) is 0 Å². The highest BCUT2D eigenvalue weighted by atomic mass is 32.2. The molecule has 0 radical (unpaired) electrons. The summed E-state index contributed by atoms with van der Waals surface area (Å²) in [6.45, 7) is 2.49. The van der Waals surface area contributed by atoms with Gasteiger partial charge in [0.2, 0.25) is 0 Å². The van der Waals surface area contributed by atoms with E-state index in [0.29, 0.717) is 12.3 Å². The van der Waals surface area contributed by atoms with Crippen molar-refractivity contribution in [1.29, 1.82) is 0 Å². The first-order valence-electron chi connectivity index (χ1n) is 6.54. The van der Waals surface area contributed by atoms with Crippen molar-refractivity contribution in [3.8, 4) is 0 Å². The van der Waals surface area contributed by atoms with Gasteiger partial charge in [0.25, 0.3) is 0 Å². The van der Waals surface area contributed by atoms with Crippen LogP contribution in [0.25, 0.3) is 0 Å². The summed E-state index contributed by atoms with van der Waals surface area (Å²) in [5, 5.41) is 14.1. The standard InChI is InChI=1S/C13H18N2O3S2/c1-2-9(11-4-3-6-20-11)14-13(18)15-5-7-19-8-10(15)12(16)17/h3-4,6,9-10H,2,5,7-8H2,1H3,(H,14,18)(H,16,17). The fourth-order valence-corrected chi connectivity index (χ4v) is 4.05. The molecule has 20 heavy (non-hydrogen) atoms. The Morgan fingerprint density at radius 3 is 3.00 bits per heavy atom. The van der Waals surface area contributed by atoms with Crippen molar-refractivity contribution in [3.63, 3.8) is 0 Å². The van der Waals surface area contributed by atoms with E-state index in [2.05, 4.69) is 5.32 Å². The third-order valence-corrected chi connectivity index (χ3v) is 5.28. The van der Waals surface area contributed by atoms with Crippen LogP contribution in [0.5, 0.6) is 0 Å². The van der Waals surface area contributed by atoms with E-state index in [1.165, 1.54) is 4.90 Å². The van der Waals surface area contributed by atoms with Crippen molar-refractivity contribution in [1.82, 2.24) is 10.2 Å². The van der Waals surface area contributed by atoms with E-state index in [4.69, 9.17) is 0 Å². The lowest BCUT2D eigenvalue weighted by atomic mass is 10.2. The Hall–Kier alpha value is -1.21. The molecular weight excluding hydrogens is 296 g/mol. The Balaban J connectivity index is 2.04. The minimum atomic E-state index is -0.934. The molecule has 1 saturated heterocycles. The van der Waals surface area contributed by atoms with Gasteiger partial charge in [-0.25, -0.2) is 9.59 Å². The maximum absolute atomic E-state index is 12.3. The second-order valence-electron chi connectivity index (χ2n) is 4.55. The molecule has 5 nitrogen and oxygen atoms in total. The summed E-state index contributed by atoms with van der Waals surface area (Å²) in [6, 6.07) is 2.88. The number of thiophene rings is 1. The number of nitrogens with zero attached hydrogens (tertiary/aromatic N) is 1.